The van der Waals surface area contributed by atoms with E-state index >= 15 is 0 Å². The molecular weight excluding hydrogens is 200 g/mol. The zero-order chi connectivity index (χ0) is 12.0. The van der Waals surface area contributed by atoms with Gasteiger partial charge in [0.25, 0.3) is 0 Å². The van der Waals surface area contributed by atoms with Gasteiger partial charge < -0.3 is 24.5 Å². The van der Waals surface area contributed by atoms with E-state index in [1.54, 1.807) is 13.8 Å². The highest BCUT2D eigenvalue weighted by atomic mass is 16.5. The number of carbonyl (C=O) groups excluding carboxylic acids is 2. The molecule has 0 aliphatic rings. The topological polar surface area (TPSA) is 89.5 Å². The minimum absolute atomic E-state index is 0.00106. The molecule has 5 heteroatoms. The van der Waals surface area contributed by atoms with Crippen molar-refractivity contribution < 1.29 is 24.5 Å². The second-order valence-corrected chi connectivity index (χ2v) is 3.15. The molecule has 0 aliphatic heterocycles. The summed E-state index contributed by atoms with van der Waals surface area (Å²) >= 11 is 0. The van der Waals surface area contributed by atoms with E-state index in [9.17, 15) is 19.8 Å². The van der Waals surface area contributed by atoms with Crippen molar-refractivity contribution in [2.24, 2.45) is 0 Å². The lowest BCUT2D eigenvalue weighted by Crippen LogP contribution is -2.29. The van der Waals surface area contributed by atoms with E-state index < -0.39 is 11.9 Å². The highest BCUT2D eigenvalue weighted by Crippen LogP contribution is 2.03. The van der Waals surface area contributed by atoms with E-state index in [4.69, 9.17) is 4.74 Å². The molecule has 0 heterocycles. The molecular formula is C10H12O5-2. The van der Waals surface area contributed by atoms with Crippen molar-refractivity contribution in [2.75, 3.05) is 13.2 Å². The number of carbonyl (C=O) groups is 2. The maximum absolute atomic E-state index is 10.6. The van der Waals surface area contributed by atoms with E-state index in [-0.39, 0.29) is 24.4 Å². The Morgan fingerprint density at radius 1 is 1.13 bits per heavy atom. The van der Waals surface area contributed by atoms with Crippen molar-refractivity contribution in [1.82, 2.24) is 0 Å². The maximum atomic E-state index is 10.6. The van der Waals surface area contributed by atoms with Crippen LogP contribution in [0.2, 0.25) is 0 Å². The van der Waals surface area contributed by atoms with Gasteiger partial charge in [0.2, 0.25) is 0 Å². The number of aliphatic carboxylic acids is 2. The van der Waals surface area contributed by atoms with Crippen LogP contribution in [0.3, 0.4) is 0 Å². The van der Waals surface area contributed by atoms with Gasteiger partial charge in [-0.3, -0.25) is 0 Å². The van der Waals surface area contributed by atoms with Crippen molar-refractivity contribution in [3.05, 3.63) is 23.3 Å². The van der Waals surface area contributed by atoms with Gasteiger partial charge in [0, 0.05) is 0 Å². The van der Waals surface area contributed by atoms with Crippen molar-refractivity contribution >= 4 is 11.9 Å². The first kappa shape index (κ1) is 13.4. The summed E-state index contributed by atoms with van der Waals surface area (Å²) < 4.78 is 4.84. The number of ether oxygens (including phenoxy) is 1. The van der Waals surface area contributed by atoms with Crippen LogP contribution >= 0.6 is 0 Å². The molecule has 0 aromatic carbocycles. The summed E-state index contributed by atoms with van der Waals surface area (Å²) in [5, 5.41) is 20.8. The third-order valence-electron chi connectivity index (χ3n) is 1.66. The average molecular weight is 212 g/mol. The Hall–Kier alpha value is -1.62. The third-order valence-corrected chi connectivity index (χ3v) is 1.66. The van der Waals surface area contributed by atoms with Gasteiger partial charge in [-0.1, -0.05) is 12.2 Å². The fourth-order valence-electron chi connectivity index (χ4n) is 0.743. The molecule has 0 rings (SSSR count). The molecule has 15 heavy (non-hydrogen) atoms. The molecule has 0 spiro atoms. The Morgan fingerprint density at radius 2 is 1.67 bits per heavy atom. The van der Waals surface area contributed by atoms with E-state index in [0.717, 1.165) is 0 Å². The molecule has 0 bridgehead atoms. The van der Waals surface area contributed by atoms with Gasteiger partial charge >= 0.3 is 0 Å². The van der Waals surface area contributed by atoms with Gasteiger partial charge in [0.1, 0.15) is 0 Å². The molecule has 0 amide bonds. The molecule has 0 aromatic rings. The van der Waals surface area contributed by atoms with Crippen LogP contribution in [0.1, 0.15) is 13.8 Å². The van der Waals surface area contributed by atoms with E-state index in [0.29, 0.717) is 5.57 Å². The SMILES string of the molecule is C=C(COCC(C(=O)[O-])=C(C)C)C(=O)[O-]. The van der Waals surface area contributed by atoms with Crippen LogP contribution in [0.5, 0.6) is 0 Å². The van der Waals surface area contributed by atoms with Gasteiger partial charge in [-0.25, -0.2) is 0 Å². The Morgan fingerprint density at radius 3 is 2.00 bits per heavy atom. The van der Waals surface area contributed by atoms with Gasteiger partial charge in [0.15, 0.2) is 0 Å². The number of carboxylic acid groups (broad SMARTS) is 2. The van der Waals surface area contributed by atoms with Crippen molar-refractivity contribution in [2.45, 2.75) is 13.8 Å². The highest BCUT2D eigenvalue weighted by molar-refractivity contribution is 5.86. The standard InChI is InChI=1S/C10H14O5/c1-6(2)8(10(13)14)5-15-4-7(3)9(11)12/h3-5H2,1-2H3,(H,11,12)(H,13,14)/p-2. The van der Waals surface area contributed by atoms with Crippen LogP contribution in [0.15, 0.2) is 23.3 Å². The summed E-state index contributed by atoms with van der Waals surface area (Å²) in [6, 6.07) is 0. The first-order chi connectivity index (χ1) is 6.86. The van der Waals surface area contributed by atoms with Crippen molar-refractivity contribution in [3.63, 3.8) is 0 Å². The molecule has 0 N–H and O–H groups in total. The minimum Gasteiger partial charge on any atom is -0.545 e. The van der Waals surface area contributed by atoms with E-state index in [1.807, 2.05) is 0 Å². The van der Waals surface area contributed by atoms with Gasteiger partial charge in [-0.2, -0.15) is 0 Å². The largest absolute Gasteiger partial charge is 0.545 e. The van der Waals surface area contributed by atoms with Gasteiger partial charge in [-0.15, -0.1) is 0 Å². The van der Waals surface area contributed by atoms with Crippen LogP contribution in [0.25, 0.3) is 0 Å². The van der Waals surface area contributed by atoms with Crippen LogP contribution in [0, 0.1) is 0 Å². The molecule has 0 atom stereocenters. The van der Waals surface area contributed by atoms with Gasteiger partial charge in [-0.05, 0) is 25.0 Å². The Bertz CT molecular complexity index is 310. The molecule has 0 unspecified atom stereocenters. The van der Waals surface area contributed by atoms with Crippen LogP contribution in [-0.4, -0.2) is 25.2 Å². The number of hydrogen-bond donors (Lipinski definition) is 0. The first-order valence-corrected chi connectivity index (χ1v) is 4.20. The van der Waals surface area contributed by atoms with Crippen molar-refractivity contribution in [1.29, 1.82) is 0 Å². The molecule has 0 fully saturated rings. The van der Waals surface area contributed by atoms with Crippen LogP contribution in [0.4, 0.5) is 0 Å². The fraction of sp³-hybridized carbons (Fsp3) is 0.400. The highest BCUT2D eigenvalue weighted by Gasteiger charge is 2.02. The molecule has 5 nitrogen and oxygen atoms in total. The molecule has 84 valence electrons. The predicted molar refractivity (Wildman–Crippen MR) is 48.3 cm³/mol. The fourth-order valence-corrected chi connectivity index (χ4v) is 0.743. The van der Waals surface area contributed by atoms with Crippen molar-refractivity contribution in [3.8, 4) is 0 Å². The lowest BCUT2D eigenvalue weighted by molar-refractivity contribution is -0.300. The molecule has 0 saturated heterocycles. The van der Waals surface area contributed by atoms with E-state index in [1.165, 1.54) is 0 Å². The number of hydrogen-bond acceptors (Lipinski definition) is 5. The predicted octanol–water partition coefficient (Wildman–Crippen LogP) is -1.60. The second-order valence-electron chi connectivity index (χ2n) is 3.15. The zero-order valence-corrected chi connectivity index (χ0v) is 8.66. The minimum atomic E-state index is -1.41. The molecule has 0 aliphatic carbocycles. The van der Waals surface area contributed by atoms with Gasteiger partial charge in [0.05, 0.1) is 25.2 Å². The summed E-state index contributed by atoms with van der Waals surface area (Å²) in [7, 11) is 0. The average Bonchev–Trinajstić information content (AvgIpc) is 2.10. The first-order valence-electron chi connectivity index (χ1n) is 4.20. The number of carboxylic acids is 2. The maximum Gasteiger partial charge on any atom is 0.0738 e. The lowest BCUT2D eigenvalue weighted by Gasteiger charge is -2.12. The number of rotatable bonds is 6. The number of allylic oxidation sites excluding steroid dienone is 1. The summed E-state index contributed by atoms with van der Waals surface area (Å²) in [5.41, 5.74) is 0.316. The molecule has 0 aromatic heterocycles. The Balaban J connectivity index is 4.16. The summed E-state index contributed by atoms with van der Waals surface area (Å²) in [6.07, 6.45) is 0. The monoisotopic (exact) mass is 212 g/mol. The molecule has 0 saturated carbocycles. The normalized spacial score (nSPS) is 9.47. The molecule has 0 radical (unpaired) electrons. The summed E-state index contributed by atoms with van der Waals surface area (Å²) in [6.45, 7) is 5.89. The summed E-state index contributed by atoms with van der Waals surface area (Å²) in [5.74, 6) is -2.74. The summed E-state index contributed by atoms with van der Waals surface area (Å²) in [4.78, 5) is 20.8. The Labute approximate surface area is 87.7 Å². The second kappa shape index (κ2) is 5.98. The zero-order valence-electron chi connectivity index (χ0n) is 8.66. The van der Waals surface area contributed by atoms with E-state index in [2.05, 4.69) is 6.58 Å². The third kappa shape index (κ3) is 4.97. The van der Waals surface area contributed by atoms with Crippen LogP contribution < -0.4 is 10.2 Å². The Kier molecular flexibility index (Phi) is 5.33. The lowest BCUT2D eigenvalue weighted by atomic mass is 10.1. The van der Waals surface area contributed by atoms with Crippen LogP contribution in [-0.2, 0) is 14.3 Å². The smallest absolute Gasteiger partial charge is 0.0738 e. The quantitative estimate of drug-likeness (QED) is 0.494.